The monoisotopic (exact) mass is 292 g/mol. The van der Waals surface area contributed by atoms with Gasteiger partial charge in [-0.25, -0.2) is 0 Å². The second-order valence-corrected chi connectivity index (χ2v) is 5.35. The Morgan fingerprint density at radius 2 is 2.05 bits per heavy atom. The van der Waals surface area contributed by atoms with E-state index in [2.05, 4.69) is 15.5 Å². The van der Waals surface area contributed by atoms with Gasteiger partial charge in [0.15, 0.2) is 0 Å². The van der Waals surface area contributed by atoms with Crippen LogP contribution in [0, 0.1) is 5.92 Å². The molecule has 106 valence electrons. The number of halogens is 1. The Hall–Kier alpha value is -1.88. The highest BCUT2D eigenvalue weighted by atomic mass is 35.5. The van der Waals surface area contributed by atoms with E-state index in [0.29, 0.717) is 17.1 Å². The number of hydrogen-bond acceptors (Lipinski definition) is 3. The molecule has 1 aromatic heterocycles. The molecule has 1 amide bonds. The third kappa shape index (κ3) is 3.81. The van der Waals surface area contributed by atoms with Crippen LogP contribution in [-0.2, 0) is 6.54 Å². The van der Waals surface area contributed by atoms with Gasteiger partial charge < -0.3 is 5.32 Å². The summed E-state index contributed by atoms with van der Waals surface area (Å²) in [5, 5.41) is 11.7. The highest BCUT2D eigenvalue weighted by Gasteiger charge is 2.18. The predicted molar refractivity (Wildman–Crippen MR) is 77.6 cm³/mol. The zero-order valence-electron chi connectivity index (χ0n) is 11.5. The van der Waals surface area contributed by atoms with E-state index >= 15 is 0 Å². The minimum Gasteiger partial charge on any atom is -0.347 e. The molecule has 20 heavy (non-hydrogen) atoms. The van der Waals surface area contributed by atoms with Crippen molar-refractivity contribution in [3.63, 3.8) is 0 Å². The van der Waals surface area contributed by atoms with Gasteiger partial charge in [0, 0.05) is 10.6 Å². The molecule has 0 bridgehead atoms. The first kappa shape index (κ1) is 14.5. The molecular weight excluding hydrogens is 276 g/mol. The van der Waals surface area contributed by atoms with Crippen LogP contribution in [0.15, 0.2) is 36.7 Å². The Balaban J connectivity index is 2.06. The number of aromatic nitrogens is 3. The van der Waals surface area contributed by atoms with Crippen molar-refractivity contribution in [2.45, 2.75) is 26.4 Å². The van der Waals surface area contributed by atoms with Crippen LogP contribution >= 0.6 is 11.6 Å². The summed E-state index contributed by atoms with van der Waals surface area (Å²) < 4.78 is 0. The molecule has 0 unspecified atom stereocenters. The molecule has 1 atom stereocenters. The van der Waals surface area contributed by atoms with Crippen molar-refractivity contribution in [1.29, 1.82) is 0 Å². The molecular formula is C14H17ClN4O. The molecule has 1 N–H and O–H groups in total. The molecule has 1 aromatic carbocycles. The van der Waals surface area contributed by atoms with E-state index in [-0.39, 0.29) is 17.9 Å². The van der Waals surface area contributed by atoms with Crippen molar-refractivity contribution in [2.24, 2.45) is 5.92 Å². The maximum absolute atomic E-state index is 12.2. The fourth-order valence-electron chi connectivity index (χ4n) is 1.82. The first-order valence-electron chi connectivity index (χ1n) is 6.47. The van der Waals surface area contributed by atoms with E-state index in [0.717, 1.165) is 0 Å². The highest BCUT2D eigenvalue weighted by molar-refractivity contribution is 6.30. The van der Waals surface area contributed by atoms with Gasteiger partial charge >= 0.3 is 0 Å². The van der Waals surface area contributed by atoms with Gasteiger partial charge in [0.25, 0.3) is 5.91 Å². The summed E-state index contributed by atoms with van der Waals surface area (Å²) in [6.07, 6.45) is 3.24. The normalized spacial score (nSPS) is 12.4. The van der Waals surface area contributed by atoms with Crippen molar-refractivity contribution in [1.82, 2.24) is 20.3 Å². The van der Waals surface area contributed by atoms with E-state index in [4.69, 9.17) is 11.6 Å². The third-order valence-electron chi connectivity index (χ3n) is 3.03. The van der Waals surface area contributed by atoms with Gasteiger partial charge in [-0.1, -0.05) is 31.5 Å². The number of carbonyl (C=O) groups is 1. The average molecular weight is 293 g/mol. The molecule has 0 aliphatic rings. The molecule has 0 saturated carbocycles. The Kier molecular flexibility index (Phi) is 4.74. The van der Waals surface area contributed by atoms with Gasteiger partial charge in [0.05, 0.1) is 25.0 Å². The summed E-state index contributed by atoms with van der Waals surface area (Å²) in [5.74, 6) is 0.127. The summed E-state index contributed by atoms with van der Waals surface area (Å²) in [6, 6.07) is 6.85. The van der Waals surface area contributed by atoms with Gasteiger partial charge in [0.1, 0.15) is 0 Å². The summed E-state index contributed by atoms with van der Waals surface area (Å²) in [4.78, 5) is 13.8. The lowest BCUT2D eigenvalue weighted by molar-refractivity contribution is 0.0918. The predicted octanol–water partition coefficient (Wildman–Crippen LogP) is 2.39. The van der Waals surface area contributed by atoms with Gasteiger partial charge in [-0.05, 0) is 24.1 Å². The first-order chi connectivity index (χ1) is 9.56. The Labute approximate surface area is 122 Å². The van der Waals surface area contributed by atoms with Gasteiger partial charge in [0.2, 0.25) is 0 Å². The average Bonchev–Trinajstić information content (AvgIpc) is 2.90. The number of hydrogen-bond donors (Lipinski definition) is 1. The molecule has 2 aromatic rings. The number of carbonyl (C=O) groups excluding carboxylic acids is 1. The van der Waals surface area contributed by atoms with Gasteiger partial charge in [-0.3, -0.25) is 4.79 Å². The lowest BCUT2D eigenvalue weighted by Crippen LogP contribution is -2.42. The molecule has 2 rings (SSSR count). The van der Waals surface area contributed by atoms with Crippen LogP contribution < -0.4 is 5.32 Å². The number of benzene rings is 1. The van der Waals surface area contributed by atoms with Crippen LogP contribution in [0.5, 0.6) is 0 Å². The van der Waals surface area contributed by atoms with Gasteiger partial charge in [-0.2, -0.15) is 15.0 Å². The molecule has 0 saturated heterocycles. The number of nitrogens with zero attached hydrogens (tertiary/aromatic N) is 3. The third-order valence-corrected chi connectivity index (χ3v) is 3.27. The zero-order valence-corrected chi connectivity index (χ0v) is 12.2. The van der Waals surface area contributed by atoms with Crippen LogP contribution in [0.2, 0.25) is 5.02 Å². The van der Waals surface area contributed by atoms with Crippen LogP contribution in [0.4, 0.5) is 0 Å². The second-order valence-electron chi connectivity index (χ2n) is 4.92. The minimum absolute atomic E-state index is 0.0473. The SMILES string of the molecule is CC(C)[C@@H](Cn1nccn1)NC(=O)c1cccc(Cl)c1. The summed E-state index contributed by atoms with van der Waals surface area (Å²) in [7, 11) is 0. The first-order valence-corrected chi connectivity index (χ1v) is 6.84. The quantitative estimate of drug-likeness (QED) is 0.920. The van der Waals surface area contributed by atoms with Crippen LogP contribution in [0.3, 0.4) is 0 Å². The van der Waals surface area contributed by atoms with E-state index in [9.17, 15) is 4.79 Å². The largest absolute Gasteiger partial charge is 0.347 e. The molecule has 5 nitrogen and oxygen atoms in total. The number of nitrogens with one attached hydrogen (secondary N) is 1. The second kappa shape index (κ2) is 6.52. The Morgan fingerprint density at radius 1 is 1.35 bits per heavy atom. The van der Waals surface area contributed by atoms with Crippen molar-refractivity contribution in [2.75, 3.05) is 0 Å². The molecule has 0 aliphatic carbocycles. The standard InChI is InChI=1S/C14H17ClN4O/c1-10(2)13(9-19-16-6-7-17-19)18-14(20)11-4-3-5-12(15)8-11/h3-8,10,13H,9H2,1-2H3,(H,18,20)/t13-/m1/s1. The molecule has 0 aliphatic heterocycles. The van der Waals surface area contributed by atoms with Crippen molar-refractivity contribution < 1.29 is 4.79 Å². The lowest BCUT2D eigenvalue weighted by atomic mass is 10.0. The maximum atomic E-state index is 12.2. The number of rotatable bonds is 5. The fourth-order valence-corrected chi connectivity index (χ4v) is 2.01. The van der Waals surface area contributed by atoms with E-state index in [1.54, 1.807) is 41.5 Å². The van der Waals surface area contributed by atoms with Crippen molar-refractivity contribution in [3.8, 4) is 0 Å². The summed E-state index contributed by atoms with van der Waals surface area (Å²) in [6.45, 7) is 4.63. The Bertz CT molecular complexity index is 568. The smallest absolute Gasteiger partial charge is 0.251 e. The van der Waals surface area contributed by atoms with Crippen LogP contribution in [-0.4, -0.2) is 26.9 Å². The fraction of sp³-hybridized carbons (Fsp3) is 0.357. The van der Waals surface area contributed by atoms with Gasteiger partial charge in [-0.15, -0.1) is 0 Å². The van der Waals surface area contributed by atoms with E-state index in [1.807, 2.05) is 13.8 Å². The van der Waals surface area contributed by atoms with E-state index < -0.39 is 0 Å². The highest BCUT2D eigenvalue weighted by Crippen LogP contribution is 2.12. The van der Waals surface area contributed by atoms with Crippen molar-refractivity contribution in [3.05, 3.63) is 47.2 Å². The lowest BCUT2D eigenvalue weighted by Gasteiger charge is -2.21. The summed E-state index contributed by atoms with van der Waals surface area (Å²) in [5.41, 5.74) is 0.552. The molecule has 1 heterocycles. The number of amides is 1. The van der Waals surface area contributed by atoms with E-state index in [1.165, 1.54) is 0 Å². The molecule has 0 spiro atoms. The maximum Gasteiger partial charge on any atom is 0.251 e. The van der Waals surface area contributed by atoms with Crippen molar-refractivity contribution >= 4 is 17.5 Å². The summed E-state index contributed by atoms with van der Waals surface area (Å²) >= 11 is 5.90. The zero-order chi connectivity index (χ0) is 14.5. The molecule has 0 radical (unpaired) electrons. The van der Waals surface area contributed by atoms with Crippen LogP contribution in [0.1, 0.15) is 24.2 Å². The van der Waals surface area contributed by atoms with Crippen LogP contribution in [0.25, 0.3) is 0 Å². The molecule has 6 heteroatoms. The topological polar surface area (TPSA) is 59.8 Å². The Morgan fingerprint density at radius 3 is 2.65 bits per heavy atom. The molecule has 0 fully saturated rings. The minimum atomic E-state index is -0.140.